The molecule has 0 saturated heterocycles. The molecule has 1 unspecified atom stereocenters. The molecule has 1 aromatic heterocycles. The number of para-hydroxylation sites is 1. The number of benzene rings is 2. The molecule has 114 valence electrons. The molecule has 0 radical (unpaired) electrons. The summed E-state index contributed by atoms with van der Waals surface area (Å²) in [6.45, 7) is 0. The molecule has 0 aliphatic carbocycles. The lowest BCUT2D eigenvalue weighted by atomic mass is 9.97. The van der Waals surface area contributed by atoms with Gasteiger partial charge in [0.05, 0.1) is 17.8 Å². The summed E-state index contributed by atoms with van der Waals surface area (Å²) in [6, 6.07) is 17.5. The normalized spacial score (nSPS) is 21.9. The zero-order chi connectivity index (χ0) is 15.9. The Bertz CT molecular complexity index is 926. The van der Waals surface area contributed by atoms with Gasteiger partial charge in [-0.15, -0.1) is 0 Å². The van der Waals surface area contributed by atoms with Gasteiger partial charge >= 0.3 is 0 Å². The number of aromatic nitrogens is 1. The first-order valence-electron chi connectivity index (χ1n) is 7.23. The average Bonchev–Trinajstić information content (AvgIpc) is 2.60. The number of halogens is 1. The van der Waals surface area contributed by atoms with Crippen LogP contribution in [0, 0.1) is 0 Å². The van der Waals surface area contributed by atoms with Gasteiger partial charge in [-0.1, -0.05) is 41.6 Å². The maximum absolute atomic E-state index is 9.38. The second-order valence-corrected chi connectivity index (χ2v) is 6.75. The first-order chi connectivity index (χ1) is 11.2. The quantitative estimate of drug-likeness (QED) is 0.392. The highest BCUT2D eigenvalue weighted by Gasteiger charge is 2.40. The molecule has 2 heterocycles. The minimum Gasteiger partial charge on any atom is -0.469 e. The number of fused-ring (bicyclic) bond motifs is 2. The highest BCUT2D eigenvalue weighted by molar-refractivity contribution is 9.09. The Labute approximate surface area is 141 Å². The fourth-order valence-electron chi connectivity index (χ4n) is 2.83. The molecule has 0 saturated carbocycles. The summed E-state index contributed by atoms with van der Waals surface area (Å²) in [5, 5.41) is 15.0. The number of oxime groups is 1. The fourth-order valence-corrected chi connectivity index (χ4v) is 3.49. The van der Waals surface area contributed by atoms with Gasteiger partial charge in [0.2, 0.25) is 4.51 Å². The standard InChI is InChI=1S/C18H13BrN2O2/c19-18(17-9-12-5-1-2-6-13(12)11-20-17)10-15(21-22)14-7-3-4-8-16(14)23-18/h1-9,11,22H,10H2/b21-15-. The minimum atomic E-state index is -0.854. The molecule has 23 heavy (non-hydrogen) atoms. The molecule has 0 fully saturated rings. The number of ether oxygens (including phenoxy) is 1. The zero-order valence-corrected chi connectivity index (χ0v) is 13.7. The average molecular weight is 369 g/mol. The molecule has 0 bridgehead atoms. The Morgan fingerprint density at radius 2 is 1.83 bits per heavy atom. The van der Waals surface area contributed by atoms with Crippen molar-refractivity contribution in [2.24, 2.45) is 5.16 Å². The van der Waals surface area contributed by atoms with Crippen LogP contribution in [-0.2, 0) is 4.51 Å². The number of hydrogen-bond donors (Lipinski definition) is 1. The summed E-state index contributed by atoms with van der Waals surface area (Å²) in [6.07, 6.45) is 2.21. The molecule has 2 aromatic carbocycles. The Morgan fingerprint density at radius 1 is 1.09 bits per heavy atom. The second kappa shape index (κ2) is 5.35. The van der Waals surface area contributed by atoms with E-state index in [-0.39, 0.29) is 0 Å². The van der Waals surface area contributed by atoms with Crippen molar-refractivity contribution < 1.29 is 9.94 Å². The Hall–Kier alpha value is -2.40. The van der Waals surface area contributed by atoms with E-state index in [1.165, 1.54) is 0 Å². The number of rotatable bonds is 1. The fraction of sp³-hybridized carbons (Fsp3) is 0.111. The van der Waals surface area contributed by atoms with Gasteiger partial charge in [-0.25, -0.2) is 0 Å². The van der Waals surface area contributed by atoms with Crippen molar-refractivity contribution in [1.82, 2.24) is 4.98 Å². The van der Waals surface area contributed by atoms with E-state index in [4.69, 9.17) is 4.74 Å². The number of hydrogen-bond acceptors (Lipinski definition) is 4. The number of alkyl halides is 1. The molecule has 1 atom stereocenters. The zero-order valence-electron chi connectivity index (χ0n) is 12.1. The van der Waals surface area contributed by atoms with Crippen LogP contribution in [-0.4, -0.2) is 15.9 Å². The molecule has 4 nitrogen and oxygen atoms in total. The van der Waals surface area contributed by atoms with Gasteiger partial charge in [-0.05, 0) is 39.5 Å². The highest BCUT2D eigenvalue weighted by atomic mass is 79.9. The topological polar surface area (TPSA) is 54.7 Å². The molecule has 1 N–H and O–H groups in total. The summed E-state index contributed by atoms with van der Waals surface area (Å²) in [4.78, 5) is 4.54. The third kappa shape index (κ3) is 2.37. The van der Waals surface area contributed by atoms with Crippen LogP contribution in [0.5, 0.6) is 5.75 Å². The van der Waals surface area contributed by atoms with Gasteiger partial charge in [0.15, 0.2) is 0 Å². The van der Waals surface area contributed by atoms with Crippen LogP contribution in [0.3, 0.4) is 0 Å². The van der Waals surface area contributed by atoms with Gasteiger partial charge in [-0.3, -0.25) is 4.98 Å². The molecule has 0 amide bonds. The third-order valence-electron chi connectivity index (χ3n) is 4.00. The highest BCUT2D eigenvalue weighted by Crippen LogP contribution is 2.43. The molecule has 1 aliphatic rings. The van der Waals surface area contributed by atoms with Crippen molar-refractivity contribution in [3.63, 3.8) is 0 Å². The van der Waals surface area contributed by atoms with E-state index in [1.54, 1.807) is 0 Å². The summed E-state index contributed by atoms with van der Waals surface area (Å²) in [5.74, 6) is 0.665. The van der Waals surface area contributed by atoms with Crippen molar-refractivity contribution in [2.75, 3.05) is 0 Å². The maximum atomic E-state index is 9.38. The summed E-state index contributed by atoms with van der Waals surface area (Å²) >= 11 is 3.66. The van der Waals surface area contributed by atoms with Gasteiger partial charge in [0.1, 0.15) is 5.75 Å². The van der Waals surface area contributed by atoms with E-state index in [0.29, 0.717) is 17.9 Å². The predicted molar refractivity (Wildman–Crippen MR) is 92.4 cm³/mol. The summed E-state index contributed by atoms with van der Waals surface area (Å²) in [5.41, 5.74) is 2.11. The molecular weight excluding hydrogens is 356 g/mol. The minimum absolute atomic E-state index is 0.381. The monoisotopic (exact) mass is 368 g/mol. The van der Waals surface area contributed by atoms with Crippen molar-refractivity contribution in [2.45, 2.75) is 10.9 Å². The Kier molecular flexibility index (Phi) is 3.31. The van der Waals surface area contributed by atoms with Crippen LogP contribution < -0.4 is 4.74 Å². The Balaban J connectivity index is 1.84. The molecular formula is C18H13BrN2O2. The lowest BCUT2D eigenvalue weighted by Crippen LogP contribution is -2.35. The second-order valence-electron chi connectivity index (χ2n) is 5.47. The van der Waals surface area contributed by atoms with Crippen LogP contribution in [0.4, 0.5) is 0 Å². The smallest absolute Gasteiger partial charge is 0.210 e. The van der Waals surface area contributed by atoms with Crippen molar-refractivity contribution in [3.8, 4) is 5.75 Å². The van der Waals surface area contributed by atoms with Gasteiger partial charge in [0, 0.05) is 17.1 Å². The van der Waals surface area contributed by atoms with Crippen LogP contribution >= 0.6 is 15.9 Å². The Morgan fingerprint density at radius 3 is 2.65 bits per heavy atom. The molecule has 5 heteroatoms. The van der Waals surface area contributed by atoms with Gasteiger partial charge < -0.3 is 9.94 Å². The molecule has 0 spiro atoms. The number of nitrogens with zero attached hydrogens (tertiary/aromatic N) is 2. The van der Waals surface area contributed by atoms with Crippen LogP contribution in [0.2, 0.25) is 0 Å². The van der Waals surface area contributed by atoms with Gasteiger partial charge in [-0.2, -0.15) is 0 Å². The lowest BCUT2D eigenvalue weighted by molar-refractivity contribution is 0.168. The van der Waals surface area contributed by atoms with E-state index in [9.17, 15) is 5.21 Å². The third-order valence-corrected chi connectivity index (χ3v) is 4.85. The molecule has 3 aromatic rings. The summed E-state index contributed by atoms with van der Waals surface area (Å²) < 4.78 is 5.29. The summed E-state index contributed by atoms with van der Waals surface area (Å²) in [7, 11) is 0. The number of pyridine rings is 1. The predicted octanol–water partition coefficient (Wildman–Crippen LogP) is 4.44. The van der Waals surface area contributed by atoms with E-state index in [0.717, 1.165) is 22.0 Å². The van der Waals surface area contributed by atoms with E-state index in [1.807, 2.05) is 60.8 Å². The van der Waals surface area contributed by atoms with E-state index >= 15 is 0 Å². The van der Waals surface area contributed by atoms with E-state index < -0.39 is 4.51 Å². The first-order valence-corrected chi connectivity index (χ1v) is 8.02. The van der Waals surface area contributed by atoms with Crippen LogP contribution in [0.1, 0.15) is 17.7 Å². The van der Waals surface area contributed by atoms with E-state index in [2.05, 4.69) is 26.1 Å². The van der Waals surface area contributed by atoms with Crippen molar-refractivity contribution in [1.29, 1.82) is 0 Å². The first kappa shape index (κ1) is 14.2. The molecule has 4 rings (SSSR count). The van der Waals surface area contributed by atoms with Crippen molar-refractivity contribution >= 4 is 32.4 Å². The largest absolute Gasteiger partial charge is 0.469 e. The van der Waals surface area contributed by atoms with Gasteiger partial charge in [0.25, 0.3) is 0 Å². The van der Waals surface area contributed by atoms with Crippen LogP contribution in [0.15, 0.2) is 65.9 Å². The molecule has 1 aliphatic heterocycles. The SMILES string of the molecule is O/N=C1/CC(Br)(c2cc3ccccc3cn2)Oc2ccccc21. The van der Waals surface area contributed by atoms with Crippen LogP contribution in [0.25, 0.3) is 10.8 Å². The van der Waals surface area contributed by atoms with Crippen molar-refractivity contribution in [3.05, 3.63) is 72.1 Å². The maximum Gasteiger partial charge on any atom is 0.210 e. The lowest BCUT2D eigenvalue weighted by Gasteiger charge is -2.33.